The molecule has 0 bridgehead atoms. The lowest BCUT2D eigenvalue weighted by Crippen LogP contribution is -2.30. The molecule has 1 saturated heterocycles. The fourth-order valence-electron chi connectivity index (χ4n) is 2.74. The van der Waals surface area contributed by atoms with Gasteiger partial charge in [-0.05, 0) is 57.5 Å². The van der Waals surface area contributed by atoms with Gasteiger partial charge in [0.15, 0.2) is 0 Å². The molecule has 1 aromatic rings. The second-order valence-electron chi connectivity index (χ2n) is 5.87. The molecular weight excluding hydrogens is 252 g/mol. The summed E-state index contributed by atoms with van der Waals surface area (Å²) in [5.41, 5.74) is 0.892. The topological polar surface area (TPSA) is 44.7 Å². The van der Waals surface area contributed by atoms with Crippen LogP contribution in [0.2, 0.25) is 0 Å². The molecule has 4 heteroatoms. The van der Waals surface area contributed by atoms with Crippen LogP contribution in [0.1, 0.15) is 25.8 Å². The number of benzene rings is 1. The number of methoxy groups -OCH3 is 1. The second kappa shape index (κ2) is 6.95. The van der Waals surface area contributed by atoms with E-state index in [4.69, 9.17) is 4.74 Å². The number of hydrogen-bond donors (Lipinski definition) is 2. The van der Waals surface area contributed by atoms with E-state index in [9.17, 15) is 5.11 Å². The number of rotatable bonds is 6. The second-order valence-corrected chi connectivity index (χ2v) is 5.87. The van der Waals surface area contributed by atoms with Gasteiger partial charge in [-0.3, -0.25) is 0 Å². The summed E-state index contributed by atoms with van der Waals surface area (Å²) in [5.74, 6) is 1.82. The maximum atomic E-state index is 9.83. The van der Waals surface area contributed by atoms with E-state index in [0.717, 1.165) is 17.9 Å². The van der Waals surface area contributed by atoms with Gasteiger partial charge in [-0.15, -0.1) is 0 Å². The molecule has 1 fully saturated rings. The van der Waals surface area contributed by atoms with Crippen LogP contribution in [0.15, 0.2) is 18.2 Å². The largest absolute Gasteiger partial charge is 0.508 e. The summed E-state index contributed by atoms with van der Waals surface area (Å²) in [6.07, 6.45) is 1.26. The predicted octanol–water partition coefficient (Wildman–Crippen LogP) is 2.22. The van der Waals surface area contributed by atoms with Crippen molar-refractivity contribution in [2.24, 2.45) is 5.92 Å². The number of phenols is 1. The Morgan fingerprint density at radius 2 is 2.25 bits per heavy atom. The molecule has 20 heavy (non-hydrogen) atoms. The average molecular weight is 278 g/mol. The smallest absolute Gasteiger partial charge is 0.120 e. The minimum atomic E-state index is 0.327. The fraction of sp³-hybridized carbons (Fsp3) is 0.625. The van der Waals surface area contributed by atoms with Crippen LogP contribution in [-0.2, 0) is 6.54 Å². The lowest BCUT2D eigenvalue weighted by atomic mass is 10.1. The number of hydrogen-bond acceptors (Lipinski definition) is 4. The number of aromatic hydroxyl groups is 1. The highest BCUT2D eigenvalue weighted by Crippen LogP contribution is 2.23. The maximum Gasteiger partial charge on any atom is 0.120 e. The van der Waals surface area contributed by atoms with Gasteiger partial charge in [-0.25, -0.2) is 0 Å². The Morgan fingerprint density at radius 1 is 1.45 bits per heavy atom. The number of nitrogens with zero attached hydrogens (tertiary/aromatic N) is 1. The molecule has 0 saturated carbocycles. The standard InChI is InChI=1S/C16H26N2O2/c1-12(2)18-7-6-13(11-18)9-17-10-14-8-15(20-3)4-5-16(14)19/h4-5,8,12-13,17,19H,6-7,9-11H2,1-3H3. The zero-order chi connectivity index (χ0) is 14.5. The highest BCUT2D eigenvalue weighted by Gasteiger charge is 2.23. The Bertz CT molecular complexity index is 434. The highest BCUT2D eigenvalue weighted by atomic mass is 16.5. The van der Waals surface area contributed by atoms with Gasteiger partial charge in [-0.1, -0.05) is 0 Å². The third kappa shape index (κ3) is 3.87. The molecule has 2 N–H and O–H groups in total. The molecule has 1 atom stereocenters. The SMILES string of the molecule is COc1ccc(O)c(CNCC2CCN(C(C)C)C2)c1. The quantitative estimate of drug-likeness (QED) is 0.837. The van der Waals surface area contributed by atoms with Crippen LogP contribution >= 0.6 is 0 Å². The molecule has 2 rings (SSSR count). The summed E-state index contributed by atoms with van der Waals surface area (Å²) >= 11 is 0. The molecule has 1 aliphatic heterocycles. The molecule has 1 unspecified atom stereocenters. The van der Waals surface area contributed by atoms with E-state index in [-0.39, 0.29) is 0 Å². The zero-order valence-electron chi connectivity index (χ0n) is 12.7. The number of ether oxygens (including phenoxy) is 1. The number of nitrogens with one attached hydrogen (secondary N) is 1. The van der Waals surface area contributed by atoms with Crippen molar-refractivity contribution < 1.29 is 9.84 Å². The molecule has 0 aromatic heterocycles. The van der Waals surface area contributed by atoms with Crippen molar-refractivity contribution in [2.75, 3.05) is 26.7 Å². The van der Waals surface area contributed by atoms with Crippen molar-refractivity contribution in [3.05, 3.63) is 23.8 Å². The minimum Gasteiger partial charge on any atom is -0.508 e. The van der Waals surface area contributed by atoms with E-state index in [0.29, 0.717) is 24.3 Å². The normalized spacial score (nSPS) is 19.7. The van der Waals surface area contributed by atoms with Gasteiger partial charge >= 0.3 is 0 Å². The number of phenolic OH excluding ortho intramolecular Hbond substituents is 1. The Kier molecular flexibility index (Phi) is 5.26. The van der Waals surface area contributed by atoms with Crippen LogP contribution in [0, 0.1) is 5.92 Å². The summed E-state index contributed by atoms with van der Waals surface area (Å²) in [5, 5.41) is 13.3. The summed E-state index contributed by atoms with van der Waals surface area (Å²) in [4.78, 5) is 2.52. The third-order valence-electron chi connectivity index (χ3n) is 4.08. The Morgan fingerprint density at radius 3 is 2.90 bits per heavy atom. The van der Waals surface area contributed by atoms with Crippen LogP contribution in [0.25, 0.3) is 0 Å². The van der Waals surface area contributed by atoms with Crippen molar-refractivity contribution >= 4 is 0 Å². The van der Waals surface area contributed by atoms with Gasteiger partial charge in [-0.2, -0.15) is 0 Å². The fourth-order valence-corrected chi connectivity index (χ4v) is 2.74. The first-order chi connectivity index (χ1) is 9.60. The van der Waals surface area contributed by atoms with Crippen molar-refractivity contribution in [3.63, 3.8) is 0 Å². The van der Waals surface area contributed by atoms with Gasteiger partial charge < -0.3 is 20.1 Å². The van der Waals surface area contributed by atoms with Crippen LogP contribution in [-0.4, -0.2) is 42.8 Å². The maximum absolute atomic E-state index is 9.83. The van der Waals surface area contributed by atoms with Gasteiger partial charge in [0.2, 0.25) is 0 Å². The molecule has 0 radical (unpaired) electrons. The van der Waals surface area contributed by atoms with Crippen molar-refractivity contribution in [3.8, 4) is 11.5 Å². The molecule has 0 spiro atoms. The highest BCUT2D eigenvalue weighted by molar-refractivity contribution is 5.39. The van der Waals surface area contributed by atoms with Crippen LogP contribution in [0.4, 0.5) is 0 Å². The van der Waals surface area contributed by atoms with E-state index in [1.54, 1.807) is 19.2 Å². The Labute approximate surface area is 121 Å². The Hall–Kier alpha value is -1.26. The van der Waals surface area contributed by atoms with E-state index >= 15 is 0 Å². The molecule has 4 nitrogen and oxygen atoms in total. The van der Waals surface area contributed by atoms with Gasteiger partial charge in [0.1, 0.15) is 11.5 Å². The molecule has 1 heterocycles. The van der Waals surface area contributed by atoms with Gasteiger partial charge in [0, 0.05) is 24.7 Å². The van der Waals surface area contributed by atoms with Crippen molar-refractivity contribution in [1.29, 1.82) is 0 Å². The summed E-state index contributed by atoms with van der Waals surface area (Å²) in [6.45, 7) is 8.57. The van der Waals surface area contributed by atoms with E-state index in [2.05, 4.69) is 24.1 Å². The van der Waals surface area contributed by atoms with E-state index < -0.39 is 0 Å². The van der Waals surface area contributed by atoms with Crippen molar-refractivity contribution in [2.45, 2.75) is 32.9 Å². The monoisotopic (exact) mass is 278 g/mol. The van der Waals surface area contributed by atoms with Crippen LogP contribution in [0.5, 0.6) is 11.5 Å². The first kappa shape index (κ1) is 15.1. The molecule has 1 aliphatic rings. The Balaban J connectivity index is 1.79. The lowest BCUT2D eigenvalue weighted by Gasteiger charge is -2.20. The third-order valence-corrected chi connectivity index (χ3v) is 4.08. The zero-order valence-corrected chi connectivity index (χ0v) is 12.7. The summed E-state index contributed by atoms with van der Waals surface area (Å²) in [7, 11) is 1.64. The molecule has 0 amide bonds. The summed E-state index contributed by atoms with van der Waals surface area (Å²) < 4.78 is 5.18. The molecule has 1 aromatic carbocycles. The first-order valence-corrected chi connectivity index (χ1v) is 7.40. The summed E-state index contributed by atoms with van der Waals surface area (Å²) in [6, 6.07) is 5.99. The number of likely N-dealkylation sites (tertiary alicyclic amines) is 1. The molecule has 112 valence electrons. The van der Waals surface area contributed by atoms with Gasteiger partial charge in [0.25, 0.3) is 0 Å². The van der Waals surface area contributed by atoms with Crippen molar-refractivity contribution in [1.82, 2.24) is 10.2 Å². The average Bonchev–Trinajstić information content (AvgIpc) is 2.90. The van der Waals surface area contributed by atoms with E-state index in [1.165, 1.54) is 19.5 Å². The molecular formula is C16H26N2O2. The lowest BCUT2D eigenvalue weighted by molar-refractivity contribution is 0.264. The van der Waals surface area contributed by atoms with Crippen LogP contribution in [0.3, 0.4) is 0 Å². The van der Waals surface area contributed by atoms with Gasteiger partial charge in [0.05, 0.1) is 7.11 Å². The van der Waals surface area contributed by atoms with E-state index in [1.807, 2.05) is 6.07 Å². The van der Waals surface area contributed by atoms with Crippen LogP contribution < -0.4 is 10.1 Å². The minimum absolute atomic E-state index is 0.327. The predicted molar refractivity (Wildman–Crippen MR) is 81.2 cm³/mol. The molecule has 0 aliphatic carbocycles. The first-order valence-electron chi connectivity index (χ1n) is 7.40.